The number of rotatable bonds is 7. The Morgan fingerprint density at radius 1 is 1.41 bits per heavy atom. The molecule has 5 nitrogen and oxygen atoms in total. The Bertz CT molecular complexity index is 563. The Kier molecular flexibility index (Phi) is 7.52. The molecule has 1 unspecified atom stereocenters. The number of benzene rings is 1. The quantitative estimate of drug-likeness (QED) is 0.359. The van der Waals surface area contributed by atoms with Gasteiger partial charge in [0.15, 0.2) is 5.78 Å². The minimum absolute atomic E-state index is 0.160. The zero-order chi connectivity index (χ0) is 16.5. The van der Waals surface area contributed by atoms with E-state index in [0.717, 1.165) is 0 Å². The van der Waals surface area contributed by atoms with Crippen LogP contribution >= 0.6 is 11.6 Å². The first kappa shape index (κ1) is 18.1. The number of hydrogen-bond donors (Lipinski definition) is 1. The molecule has 0 saturated heterocycles. The highest BCUT2D eigenvalue weighted by molar-refractivity contribution is 6.34. The number of Topliss-reactive ketones (excluding diaryl/α,β-unsaturated/α-hetero) is 1. The van der Waals surface area contributed by atoms with Crippen LogP contribution in [0.25, 0.3) is 0 Å². The number of hydrogen-bond acceptors (Lipinski definition) is 4. The highest BCUT2D eigenvalue weighted by Crippen LogP contribution is 2.24. The first-order valence-corrected chi connectivity index (χ1v) is 7.34. The molecule has 2 N–H and O–H groups in total. The van der Waals surface area contributed by atoms with Gasteiger partial charge in [0.25, 0.3) is 0 Å². The lowest BCUT2D eigenvalue weighted by Crippen LogP contribution is -2.28. The van der Waals surface area contributed by atoms with Crippen molar-refractivity contribution in [2.24, 2.45) is 10.7 Å². The molecule has 0 aliphatic rings. The Balaban J connectivity index is 2.85. The normalized spacial score (nSPS) is 12.8. The van der Waals surface area contributed by atoms with E-state index in [4.69, 9.17) is 17.3 Å². The molecule has 0 spiro atoms. The molecule has 0 amide bonds. The molecule has 0 aliphatic heterocycles. The summed E-state index contributed by atoms with van der Waals surface area (Å²) in [6.07, 6.45) is 0.274. The molecular formula is C15H18ClFN2O3. The van der Waals surface area contributed by atoms with Crippen molar-refractivity contribution >= 4 is 29.2 Å². The van der Waals surface area contributed by atoms with Crippen LogP contribution in [-0.4, -0.2) is 36.6 Å². The molecule has 0 bridgehead atoms. The fourth-order valence-electron chi connectivity index (χ4n) is 1.90. The lowest BCUT2D eigenvalue weighted by Gasteiger charge is -2.14. The van der Waals surface area contributed by atoms with Gasteiger partial charge >= 0.3 is 5.97 Å². The van der Waals surface area contributed by atoms with Gasteiger partial charge in [-0.25, -0.2) is 9.18 Å². The third kappa shape index (κ3) is 5.11. The second-order valence-electron chi connectivity index (χ2n) is 4.44. The van der Waals surface area contributed by atoms with Gasteiger partial charge in [0.05, 0.1) is 6.61 Å². The molecule has 0 fully saturated rings. The first-order chi connectivity index (χ1) is 10.5. The third-order valence-electron chi connectivity index (χ3n) is 2.96. The number of aliphatic imine (C=N–C) groups is 1. The highest BCUT2D eigenvalue weighted by atomic mass is 35.5. The van der Waals surface area contributed by atoms with Gasteiger partial charge in [-0.05, 0) is 25.0 Å². The number of carbonyl (C=O) groups excluding carboxylic acids is 2. The molecule has 120 valence electrons. The van der Waals surface area contributed by atoms with E-state index in [-0.39, 0.29) is 42.6 Å². The van der Waals surface area contributed by atoms with Gasteiger partial charge in [-0.2, -0.15) is 0 Å². The van der Waals surface area contributed by atoms with Crippen molar-refractivity contribution in [2.45, 2.75) is 19.3 Å². The van der Waals surface area contributed by atoms with Gasteiger partial charge in [0, 0.05) is 11.8 Å². The Labute approximate surface area is 133 Å². The number of ether oxygens (including phenoxy) is 1. The van der Waals surface area contributed by atoms with Crippen molar-refractivity contribution < 1.29 is 18.7 Å². The van der Waals surface area contributed by atoms with Crippen LogP contribution in [0.5, 0.6) is 0 Å². The molecule has 1 rings (SSSR count). The Morgan fingerprint density at radius 2 is 2.09 bits per heavy atom. The van der Waals surface area contributed by atoms with Crippen molar-refractivity contribution in [3.05, 3.63) is 35.6 Å². The first-order valence-electron chi connectivity index (χ1n) is 6.81. The summed E-state index contributed by atoms with van der Waals surface area (Å²) in [6.45, 7) is 1.46. The van der Waals surface area contributed by atoms with Gasteiger partial charge in [-0.1, -0.05) is 18.2 Å². The Hall–Kier alpha value is -1.95. The van der Waals surface area contributed by atoms with Gasteiger partial charge in [-0.3, -0.25) is 9.79 Å². The zero-order valence-electron chi connectivity index (χ0n) is 12.2. The van der Waals surface area contributed by atoms with Crippen LogP contribution in [0.2, 0.25) is 0 Å². The van der Waals surface area contributed by atoms with Crippen molar-refractivity contribution in [1.29, 1.82) is 0 Å². The van der Waals surface area contributed by atoms with E-state index in [9.17, 15) is 14.0 Å². The molecule has 1 aromatic rings. The number of alkyl halides is 1. The Morgan fingerprint density at radius 3 is 2.68 bits per heavy atom. The third-order valence-corrected chi connectivity index (χ3v) is 3.18. The van der Waals surface area contributed by atoms with Gasteiger partial charge in [-0.15, -0.1) is 11.6 Å². The highest BCUT2D eigenvalue weighted by Gasteiger charge is 2.23. The number of esters is 1. The van der Waals surface area contributed by atoms with E-state index in [1.165, 1.54) is 18.2 Å². The van der Waals surface area contributed by atoms with Crippen molar-refractivity contribution in [3.63, 3.8) is 0 Å². The molecule has 0 radical (unpaired) electrons. The van der Waals surface area contributed by atoms with E-state index in [1.54, 1.807) is 13.0 Å². The second-order valence-corrected chi connectivity index (χ2v) is 4.82. The van der Waals surface area contributed by atoms with E-state index in [1.807, 2.05) is 0 Å². The topological polar surface area (TPSA) is 81.8 Å². The lowest BCUT2D eigenvalue weighted by molar-refractivity contribution is -0.135. The summed E-state index contributed by atoms with van der Waals surface area (Å²) in [7, 11) is 0. The minimum Gasteiger partial charge on any atom is -0.460 e. The van der Waals surface area contributed by atoms with Crippen molar-refractivity contribution in [2.75, 3.05) is 19.0 Å². The summed E-state index contributed by atoms with van der Waals surface area (Å²) >= 11 is 5.69. The summed E-state index contributed by atoms with van der Waals surface area (Å²) in [5, 5.41) is 0. The number of carbonyl (C=O) groups is 2. The van der Waals surface area contributed by atoms with Crippen LogP contribution in [0, 0.1) is 5.82 Å². The van der Waals surface area contributed by atoms with Gasteiger partial charge in [0.1, 0.15) is 12.4 Å². The van der Waals surface area contributed by atoms with Gasteiger partial charge < -0.3 is 10.5 Å². The van der Waals surface area contributed by atoms with Gasteiger partial charge in [0.2, 0.25) is 5.84 Å². The fraction of sp³-hybridized carbons (Fsp3) is 0.400. The van der Waals surface area contributed by atoms with Crippen LogP contribution in [0.15, 0.2) is 29.3 Å². The van der Waals surface area contributed by atoms with E-state index < -0.39 is 17.7 Å². The van der Waals surface area contributed by atoms with Crippen LogP contribution in [0.4, 0.5) is 4.39 Å². The second kappa shape index (κ2) is 9.15. The van der Waals surface area contributed by atoms with E-state index in [2.05, 4.69) is 9.73 Å². The van der Waals surface area contributed by atoms with Crippen LogP contribution in [-0.2, 0) is 14.3 Å². The van der Waals surface area contributed by atoms with Crippen molar-refractivity contribution in [3.8, 4) is 0 Å². The maximum atomic E-state index is 13.8. The molecule has 1 atom stereocenters. The summed E-state index contributed by atoms with van der Waals surface area (Å²) in [5.41, 5.74) is 5.68. The smallest absolute Gasteiger partial charge is 0.373 e. The molecule has 7 heteroatoms. The summed E-state index contributed by atoms with van der Waals surface area (Å²) in [5.74, 6) is -2.53. The zero-order valence-corrected chi connectivity index (χ0v) is 13.0. The fourth-order valence-corrected chi connectivity index (χ4v) is 2.12. The maximum Gasteiger partial charge on any atom is 0.373 e. The average molecular weight is 329 g/mol. The number of nitrogens with zero attached hydrogens (tertiary/aromatic N) is 1. The maximum absolute atomic E-state index is 13.8. The molecule has 0 heterocycles. The summed E-state index contributed by atoms with van der Waals surface area (Å²) in [6, 6.07) is 5.99. The van der Waals surface area contributed by atoms with Crippen LogP contribution in [0.1, 0.15) is 24.8 Å². The number of amidine groups is 1. The molecule has 0 aliphatic carbocycles. The standard InChI is InChI=1S/C15H18ClFN2O3/c1-2-22-15(21)14(18)19-9-13(20)11(7-8-16)10-5-3-4-6-12(10)17/h3-6,11H,2,7-9H2,1H3,(H2,18,19). The number of nitrogens with two attached hydrogens (primary N) is 1. The minimum atomic E-state index is -0.782. The summed E-state index contributed by atoms with van der Waals surface area (Å²) in [4.78, 5) is 27.2. The number of halogens is 2. The predicted octanol–water partition coefficient (Wildman–Crippen LogP) is 2.03. The lowest BCUT2D eigenvalue weighted by atomic mass is 9.91. The molecule has 0 saturated carbocycles. The van der Waals surface area contributed by atoms with Crippen LogP contribution < -0.4 is 5.73 Å². The van der Waals surface area contributed by atoms with E-state index in [0.29, 0.717) is 0 Å². The summed E-state index contributed by atoms with van der Waals surface area (Å²) < 4.78 is 18.5. The monoisotopic (exact) mass is 328 g/mol. The molecule has 0 aromatic heterocycles. The van der Waals surface area contributed by atoms with Crippen molar-refractivity contribution in [1.82, 2.24) is 0 Å². The molecule has 22 heavy (non-hydrogen) atoms. The largest absolute Gasteiger partial charge is 0.460 e. The predicted molar refractivity (Wildman–Crippen MR) is 82.6 cm³/mol. The van der Waals surface area contributed by atoms with Crippen LogP contribution in [0.3, 0.4) is 0 Å². The average Bonchev–Trinajstić information content (AvgIpc) is 2.51. The SMILES string of the molecule is CCOC(=O)C(N)=NCC(=O)C(CCCl)c1ccccc1F. The number of ketones is 1. The van der Waals surface area contributed by atoms with E-state index >= 15 is 0 Å². The molecule has 1 aromatic carbocycles. The molecular weight excluding hydrogens is 311 g/mol.